The molecule has 1 heterocycles. The normalized spacial score (nSPS) is 10.4. The van der Waals surface area contributed by atoms with E-state index in [1.807, 2.05) is 44.4 Å². The number of hydrogen-bond acceptors (Lipinski definition) is 3. The van der Waals surface area contributed by atoms with Gasteiger partial charge in [0.25, 0.3) is 0 Å². The van der Waals surface area contributed by atoms with E-state index in [1.165, 1.54) is 0 Å². The average Bonchev–Trinajstić information content (AvgIpc) is 2.75. The first-order valence-electron chi connectivity index (χ1n) is 5.20. The maximum absolute atomic E-state index is 11.6. The van der Waals surface area contributed by atoms with E-state index >= 15 is 0 Å². The summed E-state index contributed by atoms with van der Waals surface area (Å²) in [7, 11) is 1.82. The summed E-state index contributed by atoms with van der Waals surface area (Å²) < 4.78 is 1.64. The van der Waals surface area contributed by atoms with Crippen molar-refractivity contribution < 1.29 is 4.79 Å². The molecule has 0 unspecified atom stereocenters. The fourth-order valence-corrected chi connectivity index (χ4v) is 1.54. The number of benzene rings is 1. The molecule has 0 saturated carbocycles. The molecule has 0 aliphatic rings. The van der Waals surface area contributed by atoms with Crippen molar-refractivity contribution in [2.75, 3.05) is 0 Å². The molecule has 4 heteroatoms. The summed E-state index contributed by atoms with van der Waals surface area (Å²) in [5.41, 5.74) is 2.44. The number of Topliss-reactive ketones (excluding diaryl/α,β-unsaturated/α-hetero) is 1. The lowest BCUT2D eigenvalue weighted by Crippen LogP contribution is -1.96. The van der Waals surface area contributed by atoms with Crippen LogP contribution in [0.2, 0.25) is 0 Å². The van der Waals surface area contributed by atoms with Gasteiger partial charge in [0.1, 0.15) is 5.69 Å². The van der Waals surface area contributed by atoms with Gasteiger partial charge in [0.05, 0.1) is 6.20 Å². The monoisotopic (exact) mass is 215 g/mol. The Morgan fingerprint density at radius 2 is 2.25 bits per heavy atom. The molecule has 0 amide bonds. The molecule has 0 aliphatic heterocycles. The number of ketones is 1. The molecule has 2 aromatic rings. The van der Waals surface area contributed by atoms with Gasteiger partial charge in [-0.05, 0) is 6.07 Å². The second-order valence-corrected chi connectivity index (χ2v) is 3.63. The Balaban J connectivity index is 2.39. The first kappa shape index (κ1) is 10.5. The summed E-state index contributed by atoms with van der Waals surface area (Å²) in [6, 6.07) is 7.48. The predicted octanol–water partition coefficient (Wildman–Crippen LogP) is 2.07. The number of carbonyl (C=O) groups excluding carboxylic acids is 1. The maximum Gasteiger partial charge on any atom is 0.162 e. The van der Waals surface area contributed by atoms with Crippen molar-refractivity contribution in [2.24, 2.45) is 7.05 Å². The Morgan fingerprint density at radius 1 is 1.44 bits per heavy atom. The second kappa shape index (κ2) is 4.26. The summed E-state index contributed by atoms with van der Waals surface area (Å²) >= 11 is 0. The van der Waals surface area contributed by atoms with Crippen molar-refractivity contribution in [1.29, 1.82) is 0 Å². The topological polar surface area (TPSA) is 47.8 Å². The molecule has 0 saturated heterocycles. The maximum atomic E-state index is 11.6. The van der Waals surface area contributed by atoms with Crippen molar-refractivity contribution in [2.45, 2.75) is 13.3 Å². The molecule has 4 nitrogen and oxygen atoms in total. The minimum atomic E-state index is 0.144. The number of aromatic nitrogens is 3. The van der Waals surface area contributed by atoms with E-state index in [0.717, 1.165) is 16.8 Å². The van der Waals surface area contributed by atoms with Gasteiger partial charge in [0, 0.05) is 24.6 Å². The first-order valence-corrected chi connectivity index (χ1v) is 5.20. The van der Waals surface area contributed by atoms with Crippen molar-refractivity contribution in [1.82, 2.24) is 15.0 Å². The molecule has 2 rings (SSSR count). The van der Waals surface area contributed by atoms with E-state index in [1.54, 1.807) is 4.68 Å². The van der Waals surface area contributed by atoms with Crippen LogP contribution in [0.1, 0.15) is 23.7 Å². The third kappa shape index (κ3) is 2.00. The Kier molecular flexibility index (Phi) is 2.81. The van der Waals surface area contributed by atoms with Crippen LogP contribution < -0.4 is 0 Å². The van der Waals surface area contributed by atoms with Gasteiger partial charge < -0.3 is 0 Å². The zero-order chi connectivity index (χ0) is 11.5. The van der Waals surface area contributed by atoms with Crippen LogP contribution in [0.4, 0.5) is 0 Å². The van der Waals surface area contributed by atoms with Crippen LogP contribution in [0.15, 0.2) is 30.5 Å². The Morgan fingerprint density at radius 3 is 2.88 bits per heavy atom. The number of aryl methyl sites for hydroxylation is 1. The number of carbonyl (C=O) groups is 1. The third-order valence-electron chi connectivity index (χ3n) is 2.40. The highest BCUT2D eigenvalue weighted by atomic mass is 16.1. The molecular formula is C12H13N3O. The largest absolute Gasteiger partial charge is 0.294 e. The minimum Gasteiger partial charge on any atom is -0.294 e. The van der Waals surface area contributed by atoms with E-state index in [4.69, 9.17) is 0 Å². The van der Waals surface area contributed by atoms with Gasteiger partial charge in [-0.1, -0.05) is 30.3 Å². The molecule has 0 fully saturated rings. The van der Waals surface area contributed by atoms with Crippen LogP contribution in [0.3, 0.4) is 0 Å². The van der Waals surface area contributed by atoms with E-state index in [0.29, 0.717) is 6.42 Å². The Hall–Kier alpha value is -1.97. The van der Waals surface area contributed by atoms with E-state index < -0.39 is 0 Å². The number of nitrogens with zero attached hydrogens (tertiary/aromatic N) is 3. The Bertz CT molecular complexity index is 516. The fraction of sp³-hybridized carbons (Fsp3) is 0.250. The van der Waals surface area contributed by atoms with Crippen LogP contribution in [0.25, 0.3) is 11.3 Å². The highest BCUT2D eigenvalue weighted by molar-refractivity contribution is 5.96. The van der Waals surface area contributed by atoms with Crippen LogP contribution in [-0.2, 0) is 7.05 Å². The summed E-state index contributed by atoms with van der Waals surface area (Å²) in [5.74, 6) is 0.144. The van der Waals surface area contributed by atoms with E-state index in [9.17, 15) is 4.79 Å². The van der Waals surface area contributed by atoms with Gasteiger partial charge in [0.2, 0.25) is 0 Å². The molecule has 82 valence electrons. The second-order valence-electron chi connectivity index (χ2n) is 3.63. The molecule has 0 radical (unpaired) electrons. The van der Waals surface area contributed by atoms with Crippen LogP contribution >= 0.6 is 0 Å². The minimum absolute atomic E-state index is 0.144. The quantitative estimate of drug-likeness (QED) is 0.736. The summed E-state index contributed by atoms with van der Waals surface area (Å²) in [6.07, 6.45) is 2.35. The SMILES string of the molecule is CCC(=O)c1cccc(-c2cn(C)nn2)c1. The molecule has 0 bridgehead atoms. The van der Waals surface area contributed by atoms with Crippen LogP contribution in [0.5, 0.6) is 0 Å². The van der Waals surface area contributed by atoms with E-state index in [-0.39, 0.29) is 5.78 Å². The molecule has 1 aromatic carbocycles. The van der Waals surface area contributed by atoms with Gasteiger partial charge in [-0.25, -0.2) is 0 Å². The van der Waals surface area contributed by atoms with Crippen molar-refractivity contribution in [3.63, 3.8) is 0 Å². The highest BCUT2D eigenvalue weighted by Crippen LogP contribution is 2.18. The molecule has 0 atom stereocenters. The lowest BCUT2D eigenvalue weighted by molar-refractivity contribution is 0.0988. The first-order chi connectivity index (χ1) is 7.70. The molecular weight excluding hydrogens is 202 g/mol. The van der Waals surface area contributed by atoms with Gasteiger partial charge in [-0.3, -0.25) is 9.48 Å². The van der Waals surface area contributed by atoms with Gasteiger partial charge in [0.15, 0.2) is 5.78 Å². The summed E-state index contributed by atoms with van der Waals surface area (Å²) in [5, 5.41) is 7.88. The third-order valence-corrected chi connectivity index (χ3v) is 2.40. The summed E-state index contributed by atoms with van der Waals surface area (Å²) in [4.78, 5) is 11.6. The van der Waals surface area contributed by atoms with Gasteiger partial charge in [-0.15, -0.1) is 5.10 Å². The van der Waals surface area contributed by atoms with Crippen molar-refractivity contribution >= 4 is 5.78 Å². The molecule has 0 N–H and O–H groups in total. The lowest BCUT2D eigenvalue weighted by atomic mass is 10.0. The standard InChI is InChI=1S/C12H13N3O/c1-3-12(16)10-6-4-5-9(7-10)11-8-15(2)14-13-11/h4-8H,3H2,1-2H3. The fourth-order valence-electron chi connectivity index (χ4n) is 1.54. The van der Waals surface area contributed by atoms with Crippen LogP contribution in [0, 0.1) is 0 Å². The van der Waals surface area contributed by atoms with Crippen LogP contribution in [-0.4, -0.2) is 20.8 Å². The lowest BCUT2D eigenvalue weighted by Gasteiger charge is -2.00. The van der Waals surface area contributed by atoms with Crippen molar-refractivity contribution in [3.8, 4) is 11.3 Å². The van der Waals surface area contributed by atoms with Crippen molar-refractivity contribution in [3.05, 3.63) is 36.0 Å². The van der Waals surface area contributed by atoms with E-state index in [2.05, 4.69) is 10.3 Å². The Labute approximate surface area is 93.9 Å². The molecule has 0 aliphatic carbocycles. The van der Waals surface area contributed by atoms with Gasteiger partial charge in [-0.2, -0.15) is 0 Å². The zero-order valence-corrected chi connectivity index (χ0v) is 9.34. The molecule has 1 aromatic heterocycles. The molecule has 16 heavy (non-hydrogen) atoms. The zero-order valence-electron chi connectivity index (χ0n) is 9.34. The van der Waals surface area contributed by atoms with Gasteiger partial charge >= 0.3 is 0 Å². The average molecular weight is 215 g/mol. The number of hydrogen-bond donors (Lipinski definition) is 0. The number of rotatable bonds is 3. The molecule has 0 spiro atoms. The predicted molar refractivity (Wildman–Crippen MR) is 61.1 cm³/mol. The highest BCUT2D eigenvalue weighted by Gasteiger charge is 2.06. The summed E-state index contributed by atoms with van der Waals surface area (Å²) in [6.45, 7) is 1.86. The smallest absolute Gasteiger partial charge is 0.162 e.